The molecule has 1 atom stereocenters. The number of nitriles is 2. The maximum Gasteiger partial charge on any atom is 0.0624 e. The highest BCUT2D eigenvalue weighted by atomic mass is 32.3. The van der Waals surface area contributed by atoms with Crippen LogP contribution in [-0.2, 0) is 0 Å². The fraction of sp³-hybridized carbons (Fsp3) is 0.800. The molecule has 0 N–H and O–H groups in total. The number of hydrogen-bond acceptors (Lipinski definition) is 2. The van der Waals surface area contributed by atoms with Crippen LogP contribution in [0.4, 0.5) is 0 Å². The fourth-order valence-corrected chi connectivity index (χ4v) is 3.05. The smallest absolute Gasteiger partial charge is 0.0624 e. The van der Waals surface area contributed by atoms with Gasteiger partial charge in [-0.05, 0) is 36.9 Å². The van der Waals surface area contributed by atoms with Crippen molar-refractivity contribution in [2.24, 2.45) is 5.92 Å². The summed E-state index contributed by atoms with van der Waals surface area (Å²) in [6.07, 6.45) is 8.83. The highest BCUT2D eigenvalue weighted by Gasteiger charge is 2.14. The second-order valence-corrected chi connectivity index (χ2v) is 8.70. The van der Waals surface area contributed by atoms with Crippen molar-refractivity contribution in [3.8, 4) is 12.1 Å². The van der Waals surface area contributed by atoms with Gasteiger partial charge in [0.2, 0.25) is 0 Å². The van der Waals surface area contributed by atoms with Gasteiger partial charge >= 0.3 is 0 Å². The lowest BCUT2D eigenvalue weighted by molar-refractivity contribution is 0.562. The maximum absolute atomic E-state index is 8.61. The van der Waals surface area contributed by atoms with Gasteiger partial charge in [0.05, 0.1) is 12.1 Å². The Kier molecular flexibility index (Phi) is 5.58. The average molecular weight is 198 g/mol. The molecule has 0 amide bonds. The molecule has 0 spiro atoms. The second kappa shape index (κ2) is 5.89. The zero-order chi connectivity index (χ0) is 10.3. The molecule has 0 aromatic carbocycles. The molecule has 0 aliphatic carbocycles. The van der Waals surface area contributed by atoms with Crippen molar-refractivity contribution in [2.75, 3.05) is 24.5 Å². The van der Waals surface area contributed by atoms with E-state index in [0.717, 1.165) is 12.2 Å². The third kappa shape index (κ3) is 7.68. The molecule has 0 saturated heterocycles. The van der Waals surface area contributed by atoms with Gasteiger partial charge in [0.15, 0.2) is 0 Å². The van der Waals surface area contributed by atoms with Gasteiger partial charge in [0, 0.05) is 12.8 Å². The van der Waals surface area contributed by atoms with Gasteiger partial charge in [-0.2, -0.15) is 10.5 Å². The van der Waals surface area contributed by atoms with E-state index in [1.807, 2.05) is 0 Å². The standard InChI is InChI=1S/C10H18N2S/c1-13(2,3)9-10(6-8-12)5-4-7-11/h10H,4-6,9H2,1-3H3. The van der Waals surface area contributed by atoms with Crippen LogP contribution in [0.25, 0.3) is 0 Å². The first-order valence-corrected chi connectivity index (χ1v) is 7.42. The van der Waals surface area contributed by atoms with Crippen LogP contribution < -0.4 is 0 Å². The highest BCUT2D eigenvalue weighted by molar-refractivity contribution is 8.32. The van der Waals surface area contributed by atoms with Gasteiger partial charge in [0.25, 0.3) is 0 Å². The second-order valence-electron chi connectivity index (χ2n) is 4.18. The first-order chi connectivity index (χ1) is 5.99. The molecule has 1 unspecified atom stereocenters. The van der Waals surface area contributed by atoms with E-state index in [-0.39, 0.29) is 0 Å². The van der Waals surface area contributed by atoms with Crippen LogP contribution in [0.2, 0.25) is 0 Å². The minimum Gasteiger partial charge on any atom is -0.249 e. The molecule has 0 aliphatic heterocycles. The normalized spacial score (nSPS) is 14.2. The first kappa shape index (κ1) is 12.3. The molecule has 74 valence electrons. The molecule has 0 aromatic rings. The lowest BCUT2D eigenvalue weighted by Gasteiger charge is -2.29. The van der Waals surface area contributed by atoms with Gasteiger partial charge in [0.1, 0.15) is 0 Å². The van der Waals surface area contributed by atoms with E-state index in [1.165, 1.54) is 0 Å². The number of nitrogens with zero attached hydrogens (tertiary/aromatic N) is 2. The summed E-state index contributed by atoms with van der Waals surface area (Å²) < 4.78 is 0. The lowest BCUT2D eigenvalue weighted by Crippen LogP contribution is -2.11. The van der Waals surface area contributed by atoms with E-state index in [1.54, 1.807) is 0 Å². The summed E-state index contributed by atoms with van der Waals surface area (Å²) in [6, 6.07) is 4.35. The molecule has 0 aliphatic rings. The molecule has 0 bridgehead atoms. The summed E-state index contributed by atoms with van der Waals surface area (Å²) in [6.45, 7) is 0. The van der Waals surface area contributed by atoms with Crippen LogP contribution in [-0.4, -0.2) is 24.5 Å². The number of hydrogen-bond donors (Lipinski definition) is 0. The fourth-order valence-electron chi connectivity index (χ4n) is 1.35. The Morgan fingerprint density at radius 2 is 1.77 bits per heavy atom. The Balaban J connectivity index is 3.97. The monoisotopic (exact) mass is 198 g/mol. The van der Waals surface area contributed by atoms with Crippen LogP contribution >= 0.6 is 10.0 Å². The maximum atomic E-state index is 8.61. The van der Waals surface area contributed by atoms with Gasteiger partial charge in [-0.25, -0.2) is 10.0 Å². The third-order valence-electron chi connectivity index (χ3n) is 1.78. The summed E-state index contributed by atoms with van der Waals surface area (Å²) in [5.41, 5.74) is 0. The van der Waals surface area contributed by atoms with Crippen LogP contribution in [0, 0.1) is 28.6 Å². The largest absolute Gasteiger partial charge is 0.249 e. The predicted molar refractivity (Wildman–Crippen MR) is 58.8 cm³/mol. The Hall–Kier alpha value is -0.670. The molecule has 0 rings (SSSR count). The van der Waals surface area contributed by atoms with Crippen molar-refractivity contribution in [1.82, 2.24) is 0 Å². The van der Waals surface area contributed by atoms with Crippen molar-refractivity contribution in [3.63, 3.8) is 0 Å². The van der Waals surface area contributed by atoms with Gasteiger partial charge in [-0.15, -0.1) is 0 Å². The number of rotatable bonds is 5. The molecule has 2 nitrogen and oxygen atoms in total. The van der Waals surface area contributed by atoms with E-state index < -0.39 is 10.0 Å². The summed E-state index contributed by atoms with van der Waals surface area (Å²) in [5, 5.41) is 17.1. The van der Waals surface area contributed by atoms with E-state index in [9.17, 15) is 0 Å². The lowest BCUT2D eigenvalue weighted by atomic mass is 10.0. The summed E-state index contributed by atoms with van der Waals surface area (Å²) in [4.78, 5) is 0. The van der Waals surface area contributed by atoms with Crippen molar-refractivity contribution in [1.29, 1.82) is 10.5 Å². The van der Waals surface area contributed by atoms with Gasteiger partial charge in [-0.1, -0.05) is 0 Å². The molecular weight excluding hydrogens is 180 g/mol. The zero-order valence-electron chi connectivity index (χ0n) is 8.71. The summed E-state index contributed by atoms with van der Waals surface area (Å²) >= 11 is 0. The van der Waals surface area contributed by atoms with Crippen molar-refractivity contribution in [3.05, 3.63) is 0 Å². The van der Waals surface area contributed by atoms with Crippen LogP contribution in [0.1, 0.15) is 19.3 Å². The van der Waals surface area contributed by atoms with E-state index in [4.69, 9.17) is 10.5 Å². The van der Waals surface area contributed by atoms with Gasteiger partial charge < -0.3 is 0 Å². The Bertz CT molecular complexity index is 217. The minimum atomic E-state index is -0.536. The van der Waals surface area contributed by atoms with Crippen molar-refractivity contribution < 1.29 is 0 Å². The topological polar surface area (TPSA) is 47.6 Å². The zero-order valence-corrected chi connectivity index (χ0v) is 9.52. The van der Waals surface area contributed by atoms with Crippen LogP contribution in [0.3, 0.4) is 0 Å². The molecule has 0 radical (unpaired) electrons. The Morgan fingerprint density at radius 1 is 1.15 bits per heavy atom. The van der Waals surface area contributed by atoms with Gasteiger partial charge in [-0.3, -0.25) is 0 Å². The molecular formula is C10H18N2S. The molecule has 13 heavy (non-hydrogen) atoms. The predicted octanol–water partition coefficient (Wildman–Crippen LogP) is 2.51. The Morgan fingerprint density at radius 3 is 2.15 bits per heavy atom. The minimum absolute atomic E-state index is 0.430. The summed E-state index contributed by atoms with van der Waals surface area (Å²) in [5.74, 6) is 1.54. The third-order valence-corrected chi connectivity index (χ3v) is 3.25. The molecule has 3 heteroatoms. The molecule has 0 aromatic heterocycles. The van der Waals surface area contributed by atoms with Crippen LogP contribution in [0.15, 0.2) is 0 Å². The molecule has 0 fully saturated rings. The molecule has 0 saturated carbocycles. The quantitative estimate of drug-likeness (QED) is 0.681. The average Bonchev–Trinajstić information content (AvgIpc) is 1.98. The van der Waals surface area contributed by atoms with Crippen LogP contribution in [0.5, 0.6) is 0 Å². The highest BCUT2D eigenvalue weighted by Crippen LogP contribution is 2.38. The van der Waals surface area contributed by atoms with Crippen molar-refractivity contribution in [2.45, 2.75) is 19.3 Å². The SMILES string of the molecule is CS(C)(C)CC(CC#N)CCC#N. The van der Waals surface area contributed by atoms with Crippen molar-refractivity contribution >= 4 is 10.0 Å². The van der Waals surface area contributed by atoms with E-state index in [0.29, 0.717) is 18.8 Å². The van der Waals surface area contributed by atoms with E-state index >= 15 is 0 Å². The van der Waals surface area contributed by atoms with E-state index in [2.05, 4.69) is 30.9 Å². The Labute approximate surface area is 82.9 Å². The first-order valence-electron chi connectivity index (χ1n) is 4.39. The molecule has 0 heterocycles. The summed E-state index contributed by atoms with van der Waals surface area (Å²) in [7, 11) is -0.536.